The SMILES string of the molecule is Cc1ccccc1P(Br)(CC(=O)c1ccccc1)(c1ccccc1)c1ccccc1. The number of halogens is 1. The molecule has 0 aliphatic heterocycles. The van der Waals surface area contributed by atoms with Crippen molar-refractivity contribution in [3.05, 3.63) is 126 Å². The van der Waals surface area contributed by atoms with Crippen LogP contribution < -0.4 is 15.9 Å². The van der Waals surface area contributed by atoms with E-state index in [-0.39, 0.29) is 5.78 Å². The molecule has 0 N–H and O–H groups in total. The monoisotopic (exact) mass is 474 g/mol. The van der Waals surface area contributed by atoms with E-state index in [4.69, 9.17) is 0 Å². The number of hydrogen-bond acceptors (Lipinski definition) is 1. The molecule has 0 bridgehead atoms. The van der Waals surface area contributed by atoms with Gasteiger partial charge in [0.25, 0.3) is 0 Å². The van der Waals surface area contributed by atoms with Gasteiger partial charge in [-0.25, -0.2) is 0 Å². The van der Waals surface area contributed by atoms with Gasteiger partial charge in [-0.15, -0.1) is 0 Å². The third kappa shape index (κ3) is 3.45. The molecule has 1 nitrogen and oxygen atoms in total. The normalized spacial score (nSPS) is 12.7. The standard InChI is InChI=1S/C27H24BrOP/c1-22-13-11-12-20-27(22)30(28,24-16-7-3-8-17-24,25-18-9-4-10-19-25)21-26(29)23-14-5-2-6-15-23/h2-20H,21H2,1H3. The minimum atomic E-state index is -3.27. The fourth-order valence-corrected chi connectivity index (χ4v) is 12.4. The van der Waals surface area contributed by atoms with Crippen molar-refractivity contribution >= 4 is 42.5 Å². The molecule has 0 fully saturated rings. The average Bonchev–Trinajstić information content (AvgIpc) is 2.81. The summed E-state index contributed by atoms with van der Waals surface area (Å²) in [5.74, 6) is 0.140. The molecule has 0 heterocycles. The van der Waals surface area contributed by atoms with Gasteiger partial charge in [-0.3, -0.25) is 0 Å². The second kappa shape index (κ2) is 8.30. The van der Waals surface area contributed by atoms with E-state index in [2.05, 4.69) is 95.2 Å². The van der Waals surface area contributed by atoms with E-state index >= 15 is 0 Å². The van der Waals surface area contributed by atoms with E-state index in [0.717, 1.165) is 16.2 Å². The Morgan fingerprint density at radius 2 is 1.10 bits per heavy atom. The van der Waals surface area contributed by atoms with Crippen molar-refractivity contribution < 1.29 is 4.79 Å². The van der Waals surface area contributed by atoms with Crippen molar-refractivity contribution in [1.82, 2.24) is 0 Å². The summed E-state index contributed by atoms with van der Waals surface area (Å²) in [4.78, 5) is 13.7. The van der Waals surface area contributed by atoms with Crippen LogP contribution in [0.1, 0.15) is 15.9 Å². The van der Waals surface area contributed by atoms with Crippen LogP contribution in [0.2, 0.25) is 0 Å². The van der Waals surface area contributed by atoms with E-state index in [1.165, 1.54) is 10.9 Å². The molecule has 4 rings (SSSR count). The number of carbonyl (C=O) groups excluding carboxylic acids is 1. The van der Waals surface area contributed by atoms with Crippen LogP contribution in [0.25, 0.3) is 0 Å². The van der Waals surface area contributed by atoms with Gasteiger partial charge in [0.15, 0.2) is 0 Å². The minimum absolute atomic E-state index is 0.140. The summed E-state index contributed by atoms with van der Waals surface area (Å²) in [5, 5.41) is 0.249. The molecule has 0 saturated heterocycles. The first kappa shape index (κ1) is 20.7. The maximum absolute atomic E-state index is 13.7. The van der Waals surface area contributed by atoms with Gasteiger partial charge in [0, 0.05) is 0 Å². The van der Waals surface area contributed by atoms with Gasteiger partial charge in [-0.05, 0) is 0 Å². The van der Waals surface area contributed by atoms with Crippen molar-refractivity contribution in [2.24, 2.45) is 0 Å². The van der Waals surface area contributed by atoms with Gasteiger partial charge in [-0.1, -0.05) is 0 Å². The Morgan fingerprint density at radius 3 is 1.60 bits per heavy atom. The number of ketones is 1. The molecule has 0 aromatic heterocycles. The van der Waals surface area contributed by atoms with E-state index in [1.807, 2.05) is 42.5 Å². The molecule has 0 atom stereocenters. The Bertz CT molecular complexity index is 1120. The van der Waals surface area contributed by atoms with Crippen LogP contribution in [0.4, 0.5) is 0 Å². The van der Waals surface area contributed by atoms with Crippen LogP contribution in [-0.2, 0) is 0 Å². The van der Waals surface area contributed by atoms with Crippen LogP contribution in [0, 0.1) is 6.92 Å². The zero-order valence-electron chi connectivity index (χ0n) is 16.9. The molecule has 3 heteroatoms. The van der Waals surface area contributed by atoms with Crippen molar-refractivity contribution in [3.8, 4) is 0 Å². The molecule has 0 spiro atoms. The predicted octanol–water partition coefficient (Wildman–Crippen LogP) is 6.02. The molecule has 4 aromatic carbocycles. The summed E-state index contributed by atoms with van der Waals surface area (Å²) in [6.07, 6.45) is 0.383. The van der Waals surface area contributed by atoms with Crippen LogP contribution in [0.5, 0.6) is 0 Å². The fraction of sp³-hybridized carbons (Fsp3) is 0.0741. The molecule has 0 aliphatic carbocycles. The van der Waals surface area contributed by atoms with Crippen LogP contribution in [0.3, 0.4) is 0 Å². The number of rotatable bonds is 6. The van der Waals surface area contributed by atoms with Crippen LogP contribution in [-0.4, -0.2) is 11.9 Å². The molecule has 0 amide bonds. The van der Waals surface area contributed by atoms with E-state index in [0.29, 0.717) is 6.16 Å². The second-order valence-electron chi connectivity index (χ2n) is 7.59. The van der Waals surface area contributed by atoms with Gasteiger partial charge in [0.1, 0.15) is 0 Å². The Labute approximate surface area is 186 Å². The molecular weight excluding hydrogens is 451 g/mol. The predicted molar refractivity (Wildman–Crippen MR) is 134 cm³/mol. The summed E-state index contributed by atoms with van der Waals surface area (Å²) in [6, 6.07) is 39.0. The van der Waals surface area contributed by atoms with Gasteiger partial charge in [-0.2, -0.15) is 0 Å². The first-order chi connectivity index (χ1) is 14.5. The molecule has 0 unspecified atom stereocenters. The van der Waals surface area contributed by atoms with Crippen LogP contribution >= 0.6 is 20.8 Å². The van der Waals surface area contributed by atoms with Crippen molar-refractivity contribution in [2.45, 2.75) is 6.92 Å². The molecule has 0 aliphatic rings. The third-order valence-electron chi connectivity index (χ3n) is 5.74. The first-order valence-electron chi connectivity index (χ1n) is 10.0. The summed E-state index contributed by atoms with van der Waals surface area (Å²) < 4.78 is 0. The van der Waals surface area contributed by atoms with Crippen LogP contribution in [0.15, 0.2) is 115 Å². The third-order valence-corrected chi connectivity index (χ3v) is 15.2. The zero-order valence-corrected chi connectivity index (χ0v) is 19.4. The number of Topliss-reactive ketones (excluding diaryl/α,β-unsaturated/α-hetero) is 1. The van der Waals surface area contributed by atoms with Crippen molar-refractivity contribution in [1.29, 1.82) is 0 Å². The Morgan fingerprint density at radius 1 is 0.667 bits per heavy atom. The average molecular weight is 475 g/mol. The Hall–Kier alpha value is -2.54. The molecule has 0 saturated carbocycles. The summed E-state index contributed by atoms with van der Waals surface area (Å²) in [6.45, 7) is 2.14. The van der Waals surface area contributed by atoms with Gasteiger partial charge in [0.05, 0.1) is 0 Å². The molecular formula is C27H24BrOP. The van der Waals surface area contributed by atoms with Crippen molar-refractivity contribution in [2.75, 3.05) is 6.16 Å². The summed E-state index contributed by atoms with van der Waals surface area (Å²) in [7, 11) is 0. The zero-order chi connectivity index (χ0) is 21.1. The summed E-state index contributed by atoms with van der Waals surface area (Å²) >= 11 is 4.38. The van der Waals surface area contributed by atoms with E-state index in [9.17, 15) is 4.79 Å². The van der Waals surface area contributed by atoms with Crippen molar-refractivity contribution in [3.63, 3.8) is 0 Å². The van der Waals surface area contributed by atoms with E-state index < -0.39 is 5.31 Å². The molecule has 150 valence electrons. The second-order valence-corrected chi connectivity index (χ2v) is 16.5. The maximum atomic E-state index is 13.7. The van der Waals surface area contributed by atoms with Gasteiger partial charge in [0.2, 0.25) is 0 Å². The fourth-order valence-electron chi connectivity index (χ4n) is 4.24. The Balaban J connectivity index is 2.07. The topological polar surface area (TPSA) is 17.1 Å². The number of aryl methyl sites for hydroxylation is 1. The number of hydrogen-bond donors (Lipinski definition) is 0. The molecule has 0 radical (unpaired) electrons. The summed E-state index contributed by atoms with van der Waals surface area (Å²) in [5.41, 5.74) is 1.92. The quantitative estimate of drug-likeness (QED) is 0.246. The van der Waals surface area contributed by atoms with Gasteiger partial charge < -0.3 is 0 Å². The molecule has 4 aromatic rings. The number of carbonyl (C=O) groups is 1. The Kier molecular flexibility index (Phi) is 5.73. The molecule has 30 heavy (non-hydrogen) atoms. The number of benzene rings is 4. The van der Waals surface area contributed by atoms with Gasteiger partial charge >= 0.3 is 187 Å². The van der Waals surface area contributed by atoms with E-state index in [1.54, 1.807) is 0 Å². The first-order valence-corrected chi connectivity index (χ1v) is 14.5.